The second-order valence-electron chi connectivity index (χ2n) is 9.84. The Hall–Kier alpha value is -3.07. The maximum atomic E-state index is 12.3. The maximum Gasteiger partial charge on any atom is 0.349 e. The van der Waals surface area contributed by atoms with Crippen molar-refractivity contribution in [3.63, 3.8) is 0 Å². The monoisotopic (exact) mass is 524 g/mol. The number of esters is 2. The van der Waals surface area contributed by atoms with Crippen LogP contribution in [-0.4, -0.2) is 38.2 Å². The first kappa shape index (κ1) is 33.0. The van der Waals surface area contributed by atoms with Crippen LogP contribution in [0.2, 0.25) is 0 Å². The Morgan fingerprint density at radius 1 is 0.816 bits per heavy atom. The van der Waals surface area contributed by atoms with Gasteiger partial charge in [0.05, 0.1) is 0 Å². The maximum absolute atomic E-state index is 12.3. The molecular formula is C32H48N2O4. The lowest BCUT2D eigenvalue weighted by atomic mass is 10.1. The summed E-state index contributed by atoms with van der Waals surface area (Å²) in [4.78, 5) is 26.1. The topological polar surface area (TPSA) is 79.6 Å². The summed E-state index contributed by atoms with van der Waals surface area (Å²) in [5, 5.41) is 9.44. The van der Waals surface area contributed by atoms with Crippen LogP contribution in [0.25, 0.3) is 6.08 Å². The Balaban J connectivity index is 2.71. The van der Waals surface area contributed by atoms with Crippen LogP contribution in [0.3, 0.4) is 0 Å². The van der Waals surface area contributed by atoms with Crippen molar-refractivity contribution in [1.29, 1.82) is 5.26 Å². The molecule has 1 rings (SSSR count). The first-order valence-electron chi connectivity index (χ1n) is 14.4. The van der Waals surface area contributed by atoms with Crippen molar-refractivity contribution in [2.24, 2.45) is 0 Å². The van der Waals surface area contributed by atoms with Crippen molar-refractivity contribution >= 4 is 23.7 Å². The van der Waals surface area contributed by atoms with Gasteiger partial charge >= 0.3 is 11.9 Å². The van der Waals surface area contributed by atoms with Crippen LogP contribution >= 0.6 is 0 Å². The standard InChI is InChI=1S/C32H48N2O4/c1-5-7-9-11-13-15-21-34(22-16-14-12-10-8-6-2)30-19-17-28(18-20-30)25-29(26-33)32(36)38-24-23-37-31(35)27(3)4/h17-20,25H,3,5-16,21-24H2,1-2,4H3/b29-25+. The summed E-state index contributed by atoms with van der Waals surface area (Å²) in [6, 6.07) is 9.91. The number of nitrogens with zero attached hydrogens (tertiary/aromatic N) is 2. The largest absolute Gasteiger partial charge is 0.459 e. The molecule has 0 bridgehead atoms. The summed E-state index contributed by atoms with van der Waals surface area (Å²) in [5.74, 6) is -1.28. The average molecular weight is 525 g/mol. The van der Waals surface area contributed by atoms with E-state index in [9.17, 15) is 14.9 Å². The van der Waals surface area contributed by atoms with E-state index in [2.05, 4.69) is 37.5 Å². The zero-order valence-electron chi connectivity index (χ0n) is 23.9. The molecule has 0 aliphatic heterocycles. The van der Waals surface area contributed by atoms with Gasteiger partial charge in [-0.1, -0.05) is 96.8 Å². The normalized spacial score (nSPS) is 11.1. The number of carbonyl (C=O) groups is 2. The first-order chi connectivity index (χ1) is 18.4. The number of anilines is 1. The zero-order valence-corrected chi connectivity index (χ0v) is 23.9. The third-order valence-electron chi connectivity index (χ3n) is 6.37. The van der Waals surface area contributed by atoms with Gasteiger partial charge in [0.1, 0.15) is 24.9 Å². The Morgan fingerprint density at radius 3 is 1.76 bits per heavy atom. The third-order valence-corrected chi connectivity index (χ3v) is 6.37. The van der Waals surface area contributed by atoms with E-state index in [1.165, 1.54) is 88.8 Å². The van der Waals surface area contributed by atoms with E-state index in [1.807, 2.05) is 18.2 Å². The zero-order chi connectivity index (χ0) is 28.0. The van der Waals surface area contributed by atoms with Crippen molar-refractivity contribution in [1.82, 2.24) is 0 Å². The van der Waals surface area contributed by atoms with Gasteiger partial charge in [0, 0.05) is 24.4 Å². The number of hydrogen-bond donors (Lipinski definition) is 0. The van der Waals surface area contributed by atoms with E-state index in [0.717, 1.165) is 18.7 Å². The molecule has 6 heteroatoms. The van der Waals surface area contributed by atoms with Crippen LogP contribution in [-0.2, 0) is 19.1 Å². The van der Waals surface area contributed by atoms with Crippen LogP contribution in [0.15, 0.2) is 42.0 Å². The second-order valence-corrected chi connectivity index (χ2v) is 9.84. The van der Waals surface area contributed by atoms with E-state index in [-0.39, 0.29) is 24.4 Å². The van der Waals surface area contributed by atoms with Crippen LogP contribution < -0.4 is 4.90 Å². The molecule has 0 aliphatic carbocycles. The van der Waals surface area contributed by atoms with Gasteiger partial charge in [0.2, 0.25) is 0 Å². The minimum Gasteiger partial charge on any atom is -0.459 e. The van der Waals surface area contributed by atoms with Crippen LogP contribution in [0.1, 0.15) is 103 Å². The molecule has 0 unspecified atom stereocenters. The molecule has 0 radical (unpaired) electrons. The number of unbranched alkanes of at least 4 members (excludes halogenated alkanes) is 10. The highest BCUT2D eigenvalue weighted by Crippen LogP contribution is 2.20. The Bertz CT molecular complexity index is 883. The Labute approximate surface area is 230 Å². The third kappa shape index (κ3) is 14.6. The SMILES string of the molecule is C=C(C)C(=O)OCCOC(=O)/C(C#N)=C/c1ccc(N(CCCCCCCC)CCCCCCCC)cc1. The number of hydrogen-bond acceptors (Lipinski definition) is 6. The number of carbonyl (C=O) groups excluding carboxylic acids is 2. The lowest BCUT2D eigenvalue weighted by molar-refractivity contribution is -0.147. The predicted octanol–water partition coefficient (Wildman–Crippen LogP) is 7.78. The summed E-state index contributed by atoms with van der Waals surface area (Å²) >= 11 is 0. The molecule has 0 saturated heterocycles. The van der Waals surface area contributed by atoms with E-state index in [0.29, 0.717) is 0 Å². The molecule has 0 fully saturated rings. The van der Waals surface area contributed by atoms with Crippen molar-refractivity contribution in [3.8, 4) is 6.07 Å². The van der Waals surface area contributed by atoms with E-state index >= 15 is 0 Å². The quantitative estimate of drug-likeness (QED) is 0.0707. The van der Waals surface area contributed by atoms with Gasteiger partial charge < -0.3 is 14.4 Å². The van der Waals surface area contributed by atoms with Crippen LogP contribution in [0, 0.1) is 11.3 Å². The van der Waals surface area contributed by atoms with Crippen molar-refractivity contribution < 1.29 is 19.1 Å². The number of ether oxygens (including phenoxy) is 2. The molecule has 210 valence electrons. The van der Waals surface area contributed by atoms with Gasteiger partial charge in [-0.05, 0) is 43.5 Å². The summed E-state index contributed by atoms with van der Waals surface area (Å²) in [6.45, 7) is 11.4. The molecule has 0 amide bonds. The lowest BCUT2D eigenvalue weighted by Crippen LogP contribution is -2.25. The molecule has 0 spiro atoms. The molecular weight excluding hydrogens is 476 g/mol. The molecule has 1 aromatic carbocycles. The van der Waals surface area contributed by atoms with Gasteiger partial charge in [-0.2, -0.15) is 5.26 Å². The summed E-state index contributed by atoms with van der Waals surface area (Å²) < 4.78 is 9.98. The van der Waals surface area contributed by atoms with Crippen molar-refractivity contribution in [2.45, 2.75) is 97.8 Å². The smallest absolute Gasteiger partial charge is 0.349 e. The van der Waals surface area contributed by atoms with Gasteiger partial charge in [-0.3, -0.25) is 0 Å². The van der Waals surface area contributed by atoms with Crippen molar-refractivity contribution in [2.75, 3.05) is 31.2 Å². The summed E-state index contributed by atoms with van der Waals surface area (Å²) in [7, 11) is 0. The minimum atomic E-state index is -0.740. The highest BCUT2D eigenvalue weighted by Gasteiger charge is 2.12. The van der Waals surface area contributed by atoms with Gasteiger partial charge in [0.25, 0.3) is 0 Å². The fourth-order valence-corrected chi connectivity index (χ4v) is 4.09. The highest BCUT2D eigenvalue weighted by atomic mass is 16.6. The van der Waals surface area contributed by atoms with Gasteiger partial charge in [-0.25, -0.2) is 9.59 Å². The molecule has 0 heterocycles. The fourth-order valence-electron chi connectivity index (χ4n) is 4.09. The summed E-state index contributed by atoms with van der Waals surface area (Å²) in [5.41, 5.74) is 2.11. The number of rotatable bonds is 21. The first-order valence-corrected chi connectivity index (χ1v) is 14.4. The fraction of sp³-hybridized carbons (Fsp3) is 0.594. The van der Waals surface area contributed by atoms with Crippen LogP contribution in [0.4, 0.5) is 5.69 Å². The number of nitriles is 1. The molecule has 38 heavy (non-hydrogen) atoms. The number of benzene rings is 1. The predicted molar refractivity (Wildman–Crippen MR) is 156 cm³/mol. The molecule has 0 aromatic heterocycles. The Kier molecular flexibility index (Phi) is 18.2. The van der Waals surface area contributed by atoms with Crippen molar-refractivity contribution in [3.05, 3.63) is 47.6 Å². The van der Waals surface area contributed by atoms with E-state index < -0.39 is 11.9 Å². The second kappa shape index (κ2) is 20.9. The highest BCUT2D eigenvalue weighted by molar-refractivity contribution is 5.97. The van der Waals surface area contributed by atoms with Gasteiger partial charge in [-0.15, -0.1) is 0 Å². The average Bonchev–Trinajstić information content (AvgIpc) is 2.92. The van der Waals surface area contributed by atoms with Crippen LogP contribution in [0.5, 0.6) is 0 Å². The molecule has 0 saturated carbocycles. The van der Waals surface area contributed by atoms with E-state index in [1.54, 1.807) is 6.92 Å². The molecule has 1 aromatic rings. The molecule has 0 N–H and O–H groups in total. The summed E-state index contributed by atoms with van der Waals surface area (Å²) in [6.07, 6.45) is 16.8. The van der Waals surface area contributed by atoms with Gasteiger partial charge in [0.15, 0.2) is 0 Å². The Morgan fingerprint density at radius 2 is 1.29 bits per heavy atom. The minimum absolute atomic E-state index is 0.0854. The lowest BCUT2D eigenvalue weighted by Gasteiger charge is -2.25. The molecule has 0 aliphatic rings. The molecule has 0 atom stereocenters. The van der Waals surface area contributed by atoms with E-state index in [4.69, 9.17) is 9.47 Å². The molecule has 6 nitrogen and oxygen atoms in total.